The number of piperazine rings is 1. The lowest BCUT2D eigenvalue weighted by Gasteiger charge is -2.33. The summed E-state index contributed by atoms with van der Waals surface area (Å²) in [6.45, 7) is 11.3. The van der Waals surface area contributed by atoms with E-state index in [1.54, 1.807) is 0 Å². The number of rotatable bonds is 4. The Bertz CT molecular complexity index is 522. The molecule has 1 aromatic heterocycles. The van der Waals surface area contributed by atoms with E-state index in [9.17, 15) is 4.79 Å². The average molecular weight is 320 g/mol. The molecule has 128 valence electrons. The standard InChI is InChI=1S/C17H28N4O2/c1-3-19-8-10-20(11-9-19)13-15-12-16(18-23-15)17(22)21-7-5-4-6-14(21)2/h12,14H,3-11,13H2,1-2H3/t14-/m0/s1. The lowest BCUT2D eigenvalue weighted by Crippen LogP contribution is -2.45. The number of carbonyl (C=O) groups is 1. The number of aromatic nitrogens is 1. The quantitative estimate of drug-likeness (QED) is 0.847. The molecule has 1 aromatic rings. The largest absolute Gasteiger partial charge is 0.359 e. The van der Waals surface area contributed by atoms with Crippen molar-refractivity contribution >= 4 is 5.91 Å². The molecule has 2 aliphatic heterocycles. The van der Waals surface area contributed by atoms with Crippen molar-refractivity contribution in [2.24, 2.45) is 0 Å². The number of nitrogens with zero attached hydrogens (tertiary/aromatic N) is 4. The molecule has 0 radical (unpaired) electrons. The molecule has 6 heteroatoms. The first kappa shape index (κ1) is 16.5. The van der Waals surface area contributed by atoms with E-state index in [1.807, 2.05) is 11.0 Å². The van der Waals surface area contributed by atoms with Gasteiger partial charge in [-0.3, -0.25) is 9.69 Å². The van der Waals surface area contributed by atoms with E-state index in [0.717, 1.165) is 64.4 Å². The molecular weight excluding hydrogens is 292 g/mol. The minimum absolute atomic E-state index is 0.0167. The molecule has 1 atom stereocenters. The number of piperidine rings is 1. The zero-order valence-electron chi connectivity index (χ0n) is 14.3. The van der Waals surface area contributed by atoms with Crippen LogP contribution in [0, 0.1) is 0 Å². The second kappa shape index (κ2) is 7.45. The lowest BCUT2D eigenvalue weighted by molar-refractivity contribution is 0.0624. The fourth-order valence-corrected chi connectivity index (χ4v) is 3.52. The minimum Gasteiger partial charge on any atom is -0.359 e. The van der Waals surface area contributed by atoms with Gasteiger partial charge in [-0.05, 0) is 32.7 Å². The van der Waals surface area contributed by atoms with Gasteiger partial charge in [-0.2, -0.15) is 0 Å². The summed E-state index contributed by atoms with van der Waals surface area (Å²) < 4.78 is 5.41. The maximum Gasteiger partial charge on any atom is 0.276 e. The Balaban J connectivity index is 1.56. The summed E-state index contributed by atoms with van der Waals surface area (Å²) in [6, 6.07) is 2.13. The molecule has 3 heterocycles. The zero-order valence-corrected chi connectivity index (χ0v) is 14.3. The van der Waals surface area contributed by atoms with Crippen molar-refractivity contribution in [3.8, 4) is 0 Å². The Morgan fingerprint density at radius 2 is 1.96 bits per heavy atom. The first-order chi connectivity index (χ1) is 11.2. The number of likely N-dealkylation sites (tertiary alicyclic amines) is 1. The first-order valence-electron chi connectivity index (χ1n) is 8.88. The summed E-state index contributed by atoms with van der Waals surface area (Å²) in [4.78, 5) is 19.3. The fourth-order valence-electron chi connectivity index (χ4n) is 3.52. The topological polar surface area (TPSA) is 52.8 Å². The Morgan fingerprint density at radius 1 is 1.22 bits per heavy atom. The van der Waals surface area contributed by atoms with Crippen LogP contribution in [0.15, 0.2) is 10.6 Å². The van der Waals surface area contributed by atoms with Crippen LogP contribution >= 0.6 is 0 Å². The van der Waals surface area contributed by atoms with Crippen molar-refractivity contribution < 1.29 is 9.32 Å². The summed E-state index contributed by atoms with van der Waals surface area (Å²) >= 11 is 0. The molecule has 3 rings (SSSR count). The van der Waals surface area contributed by atoms with Crippen LogP contribution in [0.1, 0.15) is 49.4 Å². The SMILES string of the molecule is CCN1CCN(Cc2cc(C(=O)N3CCCC[C@@H]3C)no2)CC1. The van der Waals surface area contributed by atoms with Gasteiger partial charge in [0.25, 0.3) is 5.91 Å². The molecule has 0 aromatic carbocycles. The number of amides is 1. The van der Waals surface area contributed by atoms with Crippen molar-refractivity contribution in [1.82, 2.24) is 19.9 Å². The van der Waals surface area contributed by atoms with Crippen LogP contribution in [0.5, 0.6) is 0 Å². The predicted octanol–water partition coefficient (Wildman–Crippen LogP) is 1.83. The van der Waals surface area contributed by atoms with Gasteiger partial charge in [0.1, 0.15) is 0 Å². The van der Waals surface area contributed by atoms with Crippen LogP contribution in [0.2, 0.25) is 0 Å². The molecule has 2 saturated heterocycles. The normalized spacial score (nSPS) is 24.1. The molecule has 0 bridgehead atoms. The second-order valence-electron chi connectivity index (χ2n) is 6.73. The molecule has 1 amide bonds. The van der Waals surface area contributed by atoms with Gasteiger partial charge in [0.15, 0.2) is 11.5 Å². The third kappa shape index (κ3) is 3.93. The highest BCUT2D eigenvalue weighted by Gasteiger charge is 2.27. The highest BCUT2D eigenvalue weighted by atomic mass is 16.5. The molecule has 2 aliphatic rings. The molecule has 6 nitrogen and oxygen atoms in total. The lowest BCUT2D eigenvalue weighted by atomic mass is 10.0. The molecule has 23 heavy (non-hydrogen) atoms. The monoisotopic (exact) mass is 320 g/mol. The second-order valence-corrected chi connectivity index (χ2v) is 6.73. The van der Waals surface area contributed by atoms with Crippen LogP contribution in [0.3, 0.4) is 0 Å². The van der Waals surface area contributed by atoms with E-state index in [4.69, 9.17) is 4.52 Å². The highest BCUT2D eigenvalue weighted by Crippen LogP contribution is 2.19. The smallest absolute Gasteiger partial charge is 0.276 e. The molecule has 0 saturated carbocycles. The Hall–Kier alpha value is -1.40. The van der Waals surface area contributed by atoms with E-state index in [0.29, 0.717) is 11.7 Å². The van der Waals surface area contributed by atoms with Gasteiger partial charge >= 0.3 is 0 Å². The van der Waals surface area contributed by atoms with Gasteiger partial charge in [0.05, 0.1) is 6.54 Å². The van der Waals surface area contributed by atoms with E-state index in [1.165, 1.54) is 6.42 Å². The molecule has 0 aliphatic carbocycles. The fraction of sp³-hybridized carbons (Fsp3) is 0.765. The Morgan fingerprint density at radius 3 is 2.65 bits per heavy atom. The first-order valence-corrected chi connectivity index (χ1v) is 8.88. The summed E-state index contributed by atoms with van der Waals surface area (Å²) in [7, 11) is 0. The van der Waals surface area contributed by atoms with Crippen molar-refractivity contribution in [3.63, 3.8) is 0 Å². The van der Waals surface area contributed by atoms with Crippen LogP contribution in [0.4, 0.5) is 0 Å². The van der Waals surface area contributed by atoms with Gasteiger partial charge in [0, 0.05) is 44.8 Å². The van der Waals surface area contributed by atoms with Crippen molar-refractivity contribution in [3.05, 3.63) is 17.5 Å². The molecular formula is C17H28N4O2. The van der Waals surface area contributed by atoms with E-state index in [2.05, 4.69) is 28.8 Å². The summed E-state index contributed by atoms with van der Waals surface area (Å²) in [6.07, 6.45) is 3.37. The Kier molecular flexibility index (Phi) is 5.33. The maximum atomic E-state index is 12.6. The molecule has 0 N–H and O–H groups in total. The van der Waals surface area contributed by atoms with E-state index < -0.39 is 0 Å². The number of hydrogen-bond acceptors (Lipinski definition) is 5. The summed E-state index contributed by atoms with van der Waals surface area (Å²) in [5.41, 5.74) is 0.459. The van der Waals surface area contributed by atoms with Crippen LogP contribution < -0.4 is 0 Å². The number of carbonyl (C=O) groups excluding carboxylic acids is 1. The van der Waals surface area contributed by atoms with Crippen molar-refractivity contribution in [2.75, 3.05) is 39.3 Å². The summed E-state index contributed by atoms with van der Waals surface area (Å²) in [5, 5.41) is 4.02. The average Bonchev–Trinajstić information content (AvgIpc) is 3.04. The van der Waals surface area contributed by atoms with Gasteiger partial charge < -0.3 is 14.3 Å². The maximum absolute atomic E-state index is 12.6. The number of likely N-dealkylation sites (N-methyl/N-ethyl adjacent to an activating group) is 1. The van der Waals surface area contributed by atoms with Crippen molar-refractivity contribution in [2.45, 2.75) is 45.7 Å². The number of hydrogen-bond donors (Lipinski definition) is 0. The van der Waals surface area contributed by atoms with E-state index >= 15 is 0 Å². The Labute approximate surface area is 138 Å². The molecule has 0 unspecified atom stereocenters. The van der Waals surface area contributed by atoms with Gasteiger partial charge in [-0.25, -0.2) is 0 Å². The van der Waals surface area contributed by atoms with Crippen LogP contribution in [-0.4, -0.2) is 71.1 Å². The van der Waals surface area contributed by atoms with E-state index in [-0.39, 0.29) is 5.91 Å². The summed E-state index contributed by atoms with van der Waals surface area (Å²) in [5.74, 6) is 0.811. The van der Waals surface area contributed by atoms with Gasteiger partial charge in [-0.1, -0.05) is 12.1 Å². The van der Waals surface area contributed by atoms with Gasteiger partial charge in [-0.15, -0.1) is 0 Å². The zero-order chi connectivity index (χ0) is 16.2. The predicted molar refractivity (Wildman–Crippen MR) is 88.2 cm³/mol. The van der Waals surface area contributed by atoms with Crippen LogP contribution in [-0.2, 0) is 6.54 Å². The third-order valence-electron chi connectivity index (χ3n) is 5.13. The van der Waals surface area contributed by atoms with Crippen LogP contribution in [0.25, 0.3) is 0 Å². The molecule has 0 spiro atoms. The van der Waals surface area contributed by atoms with Gasteiger partial charge in [0.2, 0.25) is 0 Å². The third-order valence-corrected chi connectivity index (χ3v) is 5.13. The highest BCUT2D eigenvalue weighted by molar-refractivity contribution is 5.92. The minimum atomic E-state index is 0.0167. The molecule has 2 fully saturated rings. The van der Waals surface area contributed by atoms with Crippen molar-refractivity contribution in [1.29, 1.82) is 0 Å².